The number of nitrogens with zero attached hydrogens (tertiary/aromatic N) is 1. The zero-order valence-corrected chi connectivity index (χ0v) is 11.4. The van der Waals surface area contributed by atoms with Crippen LogP contribution in [0.3, 0.4) is 0 Å². The number of carbonyl (C=O) groups excluding carboxylic acids is 1. The van der Waals surface area contributed by atoms with Gasteiger partial charge in [0.25, 0.3) is 0 Å². The van der Waals surface area contributed by atoms with E-state index in [1.54, 1.807) is 6.92 Å². The van der Waals surface area contributed by atoms with E-state index in [4.69, 9.17) is 11.6 Å². The van der Waals surface area contributed by atoms with Crippen molar-refractivity contribution >= 4 is 28.9 Å². The molecule has 0 aromatic heterocycles. The van der Waals surface area contributed by atoms with Crippen LogP contribution >= 0.6 is 11.6 Å². The third-order valence-corrected chi connectivity index (χ3v) is 3.42. The van der Waals surface area contributed by atoms with Crippen molar-refractivity contribution in [3.63, 3.8) is 0 Å². The summed E-state index contributed by atoms with van der Waals surface area (Å²) < 4.78 is 0. The maximum Gasteiger partial charge on any atom is 0.242 e. The number of carbonyl (C=O) groups is 1. The van der Waals surface area contributed by atoms with Crippen molar-refractivity contribution in [1.29, 1.82) is 0 Å². The van der Waals surface area contributed by atoms with Crippen molar-refractivity contribution in [3.8, 4) is 0 Å². The van der Waals surface area contributed by atoms with Crippen molar-refractivity contribution < 1.29 is 4.79 Å². The molecule has 0 spiro atoms. The fourth-order valence-corrected chi connectivity index (χ4v) is 2.28. The van der Waals surface area contributed by atoms with E-state index >= 15 is 0 Å². The molecule has 18 heavy (non-hydrogen) atoms. The van der Waals surface area contributed by atoms with Gasteiger partial charge in [0.05, 0.1) is 11.4 Å². The van der Waals surface area contributed by atoms with Crippen LogP contribution in [0.5, 0.6) is 0 Å². The van der Waals surface area contributed by atoms with Gasteiger partial charge in [-0.15, -0.1) is 11.6 Å². The Labute approximate surface area is 113 Å². The molecule has 0 saturated carbocycles. The number of anilines is 2. The summed E-state index contributed by atoms with van der Waals surface area (Å²) in [6.45, 7) is 3.80. The smallest absolute Gasteiger partial charge is 0.242 e. The third-order valence-electron chi connectivity index (χ3n) is 3.22. The van der Waals surface area contributed by atoms with Crippen LogP contribution in [0, 0.1) is 0 Å². The maximum atomic E-state index is 11.7. The number of benzene rings is 1. The average molecular weight is 267 g/mol. The number of amides is 1. The van der Waals surface area contributed by atoms with Crippen molar-refractivity contribution in [3.05, 3.63) is 24.3 Å². The molecular weight excluding hydrogens is 248 g/mol. The Morgan fingerprint density at radius 3 is 2.61 bits per heavy atom. The highest BCUT2D eigenvalue weighted by Crippen LogP contribution is 2.28. The molecular formula is C14H19ClN2O. The van der Waals surface area contributed by atoms with Gasteiger partial charge in [-0.3, -0.25) is 4.79 Å². The maximum absolute atomic E-state index is 11.7. The summed E-state index contributed by atoms with van der Waals surface area (Å²) in [5, 5.41) is 2.38. The van der Waals surface area contributed by atoms with Gasteiger partial charge in [-0.05, 0) is 38.3 Å². The van der Waals surface area contributed by atoms with Crippen molar-refractivity contribution in [2.24, 2.45) is 0 Å². The van der Waals surface area contributed by atoms with Gasteiger partial charge in [0.15, 0.2) is 0 Å². The molecule has 1 aliphatic rings. The van der Waals surface area contributed by atoms with Gasteiger partial charge in [0.2, 0.25) is 5.91 Å². The number of hydrogen-bond donors (Lipinski definition) is 1. The number of nitrogens with one attached hydrogen (secondary N) is 1. The quantitative estimate of drug-likeness (QED) is 0.852. The molecule has 0 bridgehead atoms. The fourth-order valence-electron chi connectivity index (χ4n) is 2.22. The minimum absolute atomic E-state index is 0.152. The lowest BCUT2D eigenvalue weighted by Gasteiger charge is -2.30. The van der Waals surface area contributed by atoms with Crippen LogP contribution in [0.25, 0.3) is 0 Å². The third kappa shape index (κ3) is 3.16. The Kier molecular flexibility index (Phi) is 4.48. The van der Waals surface area contributed by atoms with Gasteiger partial charge in [-0.25, -0.2) is 0 Å². The first kappa shape index (κ1) is 13.2. The van der Waals surface area contributed by atoms with Gasteiger partial charge >= 0.3 is 0 Å². The highest BCUT2D eigenvalue weighted by molar-refractivity contribution is 6.32. The normalized spacial score (nSPS) is 17.3. The number of halogens is 1. The summed E-state index contributed by atoms with van der Waals surface area (Å²) in [7, 11) is 0. The molecule has 1 fully saturated rings. The second-order valence-corrected chi connectivity index (χ2v) is 5.32. The molecule has 1 aliphatic heterocycles. The van der Waals surface area contributed by atoms with Crippen LogP contribution in [0.15, 0.2) is 24.3 Å². The van der Waals surface area contributed by atoms with E-state index in [-0.39, 0.29) is 5.91 Å². The van der Waals surface area contributed by atoms with Crippen LogP contribution in [0.1, 0.15) is 26.2 Å². The SMILES string of the molecule is C[C@@H](Cl)C(=O)Nc1ccccc1N1CCCCC1. The van der Waals surface area contributed by atoms with E-state index in [1.165, 1.54) is 19.3 Å². The van der Waals surface area contributed by atoms with Crippen molar-refractivity contribution in [2.45, 2.75) is 31.6 Å². The first-order valence-electron chi connectivity index (χ1n) is 6.47. The molecule has 0 unspecified atom stereocenters. The largest absolute Gasteiger partial charge is 0.370 e. The zero-order chi connectivity index (χ0) is 13.0. The van der Waals surface area contributed by atoms with Gasteiger partial charge in [0.1, 0.15) is 5.38 Å². The zero-order valence-electron chi connectivity index (χ0n) is 10.7. The number of hydrogen-bond acceptors (Lipinski definition) is 2. The van der Waals surface area contributed by atoms with E-state index < -0.39 is 5.38 Å². The summed E-state index contributed by atoms with van der Waals surface area (Å²) in [4.78, 5) is 14.0. The lowest BCUT2D eigenvalue weighted by atomic mass is 10.1. The minimum Gasteiger partial charge on any atom is -0.370 e. The summed E-state index contributed by atoms with van der Waals surface area (Å²) in [5.74, 6) is -0.152. The Morgan fingerprint density at radius 1 is 1.28 bits per heavy atom. The first-order chi connectivity index (χ1) is 8.68. The molecule has 3 nitrogen and oxygen atoms in total. The fraction of sp³-hybridized carbons (Fsp3) is 0.500. The van der Waals surface area contributed by atoms with Crippen LogP contribution in [-0.2, 0) is 4.79 Å². The standard InChI is InChI=1S/C14H19ClN2O/c1-11(15)14(18)16-12-7-3-4-8-13(12)17-9-5-2-6-10-17/h3-4,7-8,11H,2,5-6,9-10H2,1H3,(H,16,18)/t11-/m1/s1. The molecule has 1 heterocycles. The van der Waals surface area contributed by atoms with Crippen molar-refractivity contribution in [2.75, 3.05) is 23.3 Å². The highest BCUT2D eigenvalue weighted by Gasteiger charge is 2.16. The van der Waals surface area contributed by atoms with Gasteiger partial charge in [-0.1, -0.05) is 12.1 Å². The number of piperidine rings is 1. The highest BCUT2D eigenvalue weighted by atomic mass is 35.5. The topological polar surface area (TPSA) is 32.3 Å². The summed E-state index contributed by atoms with van der Waals surface area (Å²) in [6.07, 6.45) is 3.73. The summed E-state index contributed by atoms with van der Waals surface area (Å²) in [6, 6.07) is 7.92. The molecule has 2 rings (SSSR count). The predicted octanol–water partition coefficient (Wildman–Crippen LogP) is 3.24. The lowest BCUT2D eigenvalue weighted by Crippen LogP contribution is -2.31. The van der Waals surface area contributed by atoms with E-state index in [9.17, 15) is 4.79 Å². The monoisotopic (exact) mass is 266 g/mol. The van der Waals surface area contributed by atoms with E-state index in [0.717, 1.165) is 24.5 Å². The Hall–Kier alpha value is -1.22. The van der Waals surface area contributed by atoms with E-state index in [1.807, 2.05) is 18.2 Å². The minimum atomic E-state index is -0.514. The molecule has 1 saturated heterocycles. The Balaban J connectivity index is 2.16. The molecule has 0 radical (unpaired) electrons. The van der Waals surface area contributed by atoms with Gasteiger partial charge < -0.3 is 10.2 Å². The second kappa shape index (κ2) is 6.10. The van der Waals surface area contributed by atoms with Crippen LogP contribution in [0.4, 0.5) is 11.4 Å². The summed E-state index contributed by atoms with van der Waals surface area (Å²) >= 11 is 5.79. The Bertz CT molecular complexity index is 414. The van der Waals surface area contributed by atoms with Crippen LogP contribution in [-0.4, -0.2) is 24.4 Å². The van der Waals surface area contributed by atoms with E-state index in [0.29, 0.717) is 0 Å². The molecule has 1 atom stereocenters. The molecule has 98 valence electrons. The number of para-hydroxylation sites is 2. The molecule has 0 aliphatic carbocycles. The van der Waals surface area contributed by atoms with Crippen LogP contribution < -0.4 is 10.2 Å². The second-order valence-electron chi connectivity index (χ2n) is 4.67. The molecule has 1 amide bonds. The van der Waals surface area contributed by atoms with Gasteiger partial charge in [0, 0.05) is 13.1 Å². The molecule has 1 aromatic carbocycles. The molecule has 4 heteroatoms. The van der Waals surface area contributed by atoms with E-state index in [2.05, 4.69) is 16.3 Å². The summed E-state index contributed by atoms with van der Waals surface area (Å²) in [5.41, 5.74) is 1.96. The lowest BCUT2D eigenvalue weighted by molar-refractivity contribution is -0.115. The van der Waals surface area contributed by atoms with Crippen molar-refractivity contribution in [1.82, 2.24) is 0 Å². The number of rotatable bonds is 3. The number of alkyl halides is 1. The van der Waals surface area contributed by atoms with Crippen LogP contribution in [0.2, 0.25) is 0 Å². The average Bonchev–Trinajstić information content (AvgIpc) is 2.40. The molecule has 1 aromatic rings. The predicted molar refractivity (Wildman–Crippen MR) is 76.5 cm³/mol. The Morgan fingerprint density at radius 2 is 1.94 bits per heavy atom. The molecule has 1 N–H and O–H groups in total. The first-order valence-corrected chi connectivity index (χ1v) is 6.91. The van der Waals surface area contributed by atoms with Gasteiger partial charge in [-0.2, -0.15) is 0 Å².